The number of rotatable bonds is 5. The lowest BCUT2D eigenvalue weighted by atomic mass is 9.97. The Kier molecular flexibility index (Phi) is 3.87. The first-order chi connectivity index (χ1) is 7.41. The van der Waals surface area contributed by atoms with Gasteiger partial charge in [-0.15, -0.1) is 0 Å². The van der Waals surface area contributed by atoms with E-state index in [0.29, 0.717) is 6.42 Å². The first kappa shape index (κ1) is 12.5. The van der Waals surface area contributed by atoms with Crippen LogP contribution in [0.15, 0.2) is 0 Å². The van der Waals surface area contributed by atoms with Crippen LogP contribution in [-0.4, -0.2) is 41.0 Å². The smallest absolute Gasteiger partial charge is 0.324 e. The predicted octanol–water partition coefficient (Wildman–Crippen LogP) is 0.285. The van der Waals surface area contributed by atoms with Crippen LogP contribution in [-0.2, 0) is 9.59 Å². The van der Waals surface area contributed by atoms with Crippen LogP contribution < -0.4 is 5.32 Å². The van der Waals surface area contributed by atoms with Crippen molar-refractivity contribution in [2.75, 3.05) is 13.1 Å². The molecule has 90 valence electrons. The Hall–Kier alpha value is -1.59. The highest BCUT2D eigenvalue weighted by Crippen LogP contribution is 2.15. The van der Waals surface area contributed by atoms with E-state index in [2.05, 4.69) is 5.32 Å². The molecule has 3 amide bonds. The highest BCUT2D eigenvalue weighted by Gasteiger charge is 2.33. The summed E-state index contributed by atoms with van der Waals surface area (Å²) in [5.74, 6) is -1.81. The number of aliphatic carboxylic acids is 1. The van der Waals surface area contributed by atoms with E-state index in [4.69, 9.17) is 5.11 Å². The number of imide groups is 1. The topological polar surface area (TPSA) is 86.7 Å². The molecule has 6 heteroatoms. The van der Waals surface area contributed by atoms with Gasteiger partial charge in [-0.05, 0) is 12.3 Å². The van der Waals surface area contributed by atoms with Crippen molar-refractivity contribution in [2.24, 2.45) is 11.8 Å². The Morgan fingerprint density at radius 2 is 2.12 bits per heavy atom. The molecule has 1 heterocycles. The third kappa shape index (κ3) is 2.95. The Bertz CT molecular complexity index is 298. The summed E-state index contributed by atoms with van der Waals surface area (Å²) in [5, 5.41) is 11.3. The van der Waals surface area contributed by atoms with E-state index >= 15 is 0 Å². The molecule has 1 atom stereocenters. The van der Waals surface area contributed by atoms with E-state index in [1.165, 1.54) is 0 Å². The maximum absolute atomic E-state index is 11.3. The van der Waals surface area contributed by atoms with Crippen molar-refractivity contribution in [3.05, 3.63) is 0 Å². The fourth-order valence-corrected chi connectivity index (χ4v) is 1.68. The summed E-state index contributed by atoms with van der Waals surface area (Å²) in [4.78, 5) is 34.4. The van der Waals surface area contributed by atoms with E-state index in [-0.39, 0.29) is 24.9 Å². The van der Waals surface area contributed by atoms with E-state index in [1.54, 1.807) is 0 Å². The second kappa shape index (κ2) is 4.96. The zero-order chi connectivity index (χ0) is 12.3. The van der Waals surface area contributed by atoms with Gasteiger partial charge >= 0.3 is 12.0 Å². The molecule has 1 aliphatic heterocycles. The lowest BCUT2D eigenvalue weighted by molar-refractivity contribution is -0.143. The molecular formula is C10H16N2O4. The summed E-state index contributed by atoms with van der Waals surface area (Å²) in [6, 6.07) is -0.500. The van der Waals surface area contributed by atoms with Gasteiger partial charge in [0.25, 0.3) is 0 Å². The van der Waals surface area contributed by atoms with Gasteiger partial charge in [0.15, 0.2) is 0 Å². The molecule has 0 saturated carbocycles. The standard InChI is InChI=1S/C10H16N2O4/c1-6(2)3-7(9(14)15)5-12-8(13)4-11-10(12)16/h6-7H,3-5H2,1-2H3,(H,11,16)(H,14,15)/t7-/m1/s1. The number of carboxylic acids is 1. The molecule has 1 saturated heterocycles. The van der Waals surface area contributed by atoms with Crippen molar-refractivity contribution in [2.45, 2.75) is 20.3 Å². The van der Waals surface area contributed by atoms with Gasteiger partial charge in [-0.2, -0.15) is 0 Å². The van der Waals surface area contributed by atoms with E-state index in [0.717, 1.165) is 4.90 Å². The molecule has 0 unspecified atom stereocenters. The number of nitrogens with zero attached hydrogens (tertiary/aromatic N) is 1. The van der Waals surface area contributed by atoms with Gasteiger partial charge in [-0.3, -0.25) is 14.5 Å². The molecule has 0 bridgehead atoms. The Labute approximate surface area is 93.6 Å². The van der Waals surface area contributed by atoms with Crippen molar-refractivity contribution in [3.8, 4) is 0 Å². The summed E-state index contributed by atoms with van der Waals surface area (Å²) < 4.78 is 0. The Morgan fingerprint density at radius 3 is 2.50 bits per heavy atom. The maximum atomic E-state index is 11.3. The molecule has 1 rings (SSSR count). The van der Waals surface area contributed by atoms with Crippen LogP contribution >= 0.6 is 0 Å². The molecular weight excluding hydrogens is 212 g/mol. The van der Waals surface area contributed by atoms with Gasteiger partial charge in [0, 0.05) is 6.54 Å². The van der Waals surface area contributed by atoms with Crippen LogP contribution in [0.5, 0.6) is 0 Å². The molecule has 1 aliphatic rings. The highest BCUT2D eigenvalue weighted by atomic mass is 16.4. The molecule has 2 N–H and O–H groups in total. The number of nitrogens with one attached hydrogen (secondary N) is 1. The first-order valence-corrected chi connectivity index (χ1v) is 5.22. The quantitative estimate of drug-likeness (QED) is 0.662. The van der Waals surface area contributed by atoms with Crippen LogP contribution in [0.25, 0.3) is 0 Å². The highest BCUT2D eigenvalue weighted by molar-refractivity contribution is 6.02. The summed E-state index contributed by atoms with van der Waals surface area (Å²) >= 11 is 0. The van der Waals surface area contributed by atoms with Gasteiger partial charge in [0.05, 0.1) is 12.5 Å². The Balaban J connectivity index is 2.64. The van der Waals surface area contributed by atoms with Crippen molar-refractivity contribution >= 4 is 17.9 Å². The number of amides is 3. The summed E-state index contributed by atoms with van der Waals surface area (Å²) in [7, 11) is 0. The van der Waals surface area contributed by atoms with Gasteiger partial charge in [0.2, 0.25) is 5.91 Å². The van der Waals surface area contributed by atoms with Crippen LogP contribution in [0.4, 0.5) is 4.79 Å². The average Bonchev–Trinajstić information content (AvgIpc) is 2.47. The molecule has 1 fully saturated rings. The summed E-state index contributed by atoms with van der Waals surface area (Å²) in [5.41, 5.74) is 0. The Morgan fingerprint density at radius 1 is 1.50 bits per heavy atom. The number of carbonyl (C=O) groups is 3. The molecule has 0 aromatic heterocycles. The predicted molar refractivity (Wildman–Crippen MR) is 55.7 cm³/mol. The summed E-state index contributed by atoms with van der Waals surface area (Å²) in [6.45, 7) is 3.73. The number of carbonyl (C=O) groups excluding carboxylic acids is 2. The van der Waals surface area contributed by atoms with Crippen molar-refractivity contribution in [1.29, 1.82) is 0 Å². The normalized spacial score (nSPS) is 17.8. The van der Waals surface area contributed by atoms with Gasteiger partial charge in [0.1, 0.15) is 0 Å². The molecule has 16 heavy (non-hydrogen) atoms. The van der Waals surface area contributed by atoms with E-state index in [9.17, 15) is 14.4 Å². The fourth-order valence-electron chi connectivity index (χ4n) is 1.68. The SMILES string of the molecule is CC(C)C[C@H](CN1C(=O)CNC1=O)C(=O)O. The van der Waals surface area contributed by atoms with Crippen LogP contribution in [0.3, 0.4) is 0 Å². The lowest BCUT2D eigenvalue weighted by Gasteiger charge is -2.19. The van der Waals surface area contributed by atoms with Crippen molar-refractivity contribution < 1.29 is 19.5 Å². The molecule has 6 nitrogen and oxygen atoms in total. The molecule has 0 spiro atoms. The fraction of sp³-hybridized carbons (Fsp3) is 0.700. The lowest BCUT2D eigenvalue weighted by Crippen LogP contribution is -2.38. The second-order valence-electron chi connectivity index (χ2n) is 4.33. The largest absolute Gasteiger partial charge is 0.481 e. The number of hydrogen-bond donors (Lipinski definition) is 2. The van der Waals surface area contributed by atoms with Crippen LogP contribution in [0.1, 0.15) is 20.3 Å². The third-order valence-electron chi connectivity index (χ3n) is 2.45. The maximum Gasteiger partial charge on any atom is 0.324 e. The number of carboxylic acid groups (broad SMARTS) is 1. The van der Waals surface area contributed by atoms with Crippen molar-refractivity contribution in [3.63, 3.8) is 0 Å². The van der Waals surface area contributed by atoms with Gasteiger partial charge < -0.3 is 10.4 Å². The molecule has 0 aromatic carbocycles. The van der Waals surface area contributed by atoms with E-state index in [1.807, 2.05) is 13.8 Å². The second-order valence-corrected chi connectivity index (χ2v) is 4.33. The van der Waals surface area contributed by atoms with Crippen LogP contribution in [0.2, 0.25) is 0 Å². The van der Waals surface area contributed by atoms with Gasteiger partial charge in [-0.1, -0.05) is 13.8 Å². The van der Waals surface area contributed by atoms with Crippen LogP contribution in [0, 0.1) is 11.8 Å². The first-order valence-electron chi connectivity index (χ1n) is 5.22. The summed E-state index contributed by atoms with van der Waals surface area (Å²) in [6.07, 6.45) is 0.451. The average molecular weight is 228 g/mol. The van der Waals surface area contributed by atoms with Crippen molar-refractivity contribution in [1.82, 2.24) is 10.2 Å². The minimum Gasteiger partial charge on any atom is -0.481 e. The molecule has 0 radical (unpaired) electrons. The zero-order valence-electron chi connectivity index (χ0n) is 9.40. The van der Waals surface area contributed by atoms with E-state index < -0.39 is 17.9 Å². The third-order valence-corrected chi connectivity index (χ3v) is 2.45. The minimum absolute atomic E-state index is 0.0349. The molecule has 0 aromatic rings. The minimum atomic E-state index is -0.971. The number of urea groups is 1. The van der Waals surface area contributed by atoms with Gasteiger partial charge in [-0.25, -0.2) is 4.79 Å². The zero-order valence-corrected chi connectivity index (χ0v) is 9.40. The molecule has 0 aliphatic carbocycles. The monoisotopic (exact) mass is 228 g/mol. The number of hydrogen-bond acceptors (Lipinski definition) is 3.